The molecule has 0 aliphatic carbocycles. The summed E-state index contributed by atoms with van der Waals surface area (Å²) in [4.78, 5) is 54.0. The van der Waals surface area contributed by atoms with E-state index >= 15 is 0 Å². The lowest BCUT2D eigenvalue weighted by molar-refractivity contribution is -0.147. The van der Waals surface area contributed by atoms with Crippen LogP contribution in [-0.4, -0.2) is 34.0 Å². The molecule has 0 fully saturated rings. The maximum absolute atomic E-state index is 11.5. The molecule has 0 spiro atoms. The van der Waals surface area contributed by atoms with Crippen LogP contribution < -0.4 is 16.1 Å². The number of carboxylic acid groups (broad SMARTS) is 2. The highest BCUT2D eigenvalue weighted by atomic mass is 16.4. The van der Waals surface area contributed by atoms with Gasteiger partial charge in [0, 0.05) is 5.69 Å². The van der Waals surface area contributed by atoms with Crippen LogP contribution in [0.4, 0.5) is 11.4 Å². The Balaban J connectivity index is 3.03. The largest absolute Gasteiger partial charge is 0.474 e. The quantitative estimate of drug-likeness (QED) is 0.512. The van der Waals surface area contributed by atoms with Gasteiger partial charge in [-0.25, -0.2) is 9.59 Å². The van der Waals surface area contributed by atoms with Crippen LogP contribution in [0.1, 0.15) is 0 Å². The van der Waals surface area contributed by atoms with Gasteiger partial charge >= 0.3 is 23.8 Å². The summed E-state index contributed by atoms with van der Waals surface area (Å²) in [6.07, 6.45) is 0. The molecule has 0 atom stereocenters. The Morgan fingerprint density at radius 3 is 1.85 bits per heavy atom. The second kappa shape index (κ2) is 6.09. The summed E-state index contributed by atoms with van der Waals surface area (Å²) in [6, 6.07) is 4.23. The molecule has 0 saturated carbocycles. The normalized spacial score (nSPS) is 9.40. The fourth-order valence-electron chi connectivity index (χ4n) is 1.11. The molecule has 0 bridgehead atoms. The third-order valence-electron chi connectivity index (χ3n) is 2.00. The van der Waals surface area contributed by atoms with E-state index in [9.17, 15) is 24.0 Å². The monoisotopic (exact) mass is 280 g/mol. The minimum atomic E-state index is -1.77. The van der Waals surface area contributed by atoms with E-state index in [-0.39, 0.29) is 11.4 Å². The molecule has 104 valence electrons. The highest BCUT2D eigenvalue weighted by molar-refractivity contribution is 6.37. The molecule has 1 rings (SSSR count). The lowest BCUT2D eigenvalue weighted by Crippen LogP contribution is -2.24. The van der Waals surface area contributed by atoms with E-state index in [2.05, 4.69) is 0 Å². The van der Waals surface area contributed by atoms with Gasteiger partial charge in [0.05, 0.1) is 5.69 Å². The standard InChI is InChI=1S/C11H8N2O7/c14-7-4-2-5(12-8(15)10(17)18)1-3-6(7)13-9(16)11(19)20/h1-4H,(H,12,15)(H,17,18)(H,19,20)(H,13,14,16). The molecular weight excluding hydrogens is 272 g/mol. The summed E-state index contributed by atoms with van der Waals surface area (Å²) >= 11 is 0. The molecule has 1 aromatic rings. The number of carbonyl (C=O) groups excluding carboxylic acids is 2. The van der Waals surface area contributed by atoms with Crippen LogP contribution in [0.25, 0.3) is 0 Å². The van der Waals surface area contributed by atoms with Gasteiger partial charge in [0.1, 0.15) is 0 Å². The molecular formula is C11H8N2O7. The van der Waals surface area contributed by atoms with Gasteiger partial charge in [-0.15, -0.1) is 0 Å². The van der Waals surface area contributed by atoms with E-state index < -0.39 is 29.2 Å². The van der Waals surface area contributed by atoms with Crippen LogP contribution in [0.5, 0.6) is 0 Å². The lowest BCUT2D eigenvalue weighted by atomic mass is 10.4. The van der Waals surface area contributed by atoms with Crippen LogP contribution in [0.15, 0.2) is 29.1 Å². The Hall–Kier alpha value is -3.23. The van der Waals surface area contributed by atoms with Gasteiger partial charge in [-0.05, 0) is 24.3 Å². The lowest BCUT2D eigenvalue weighted by Gasteiger charge is -1.98. The summed E-state index contributed by atoms with van der Waals surface area (Å²) in [5, 5.41) is 20.6. The Labute approximate surface area is 110 Å². The summed E-state index contributed by atoms with van der Waals surface area (Å²) in [7, 11) is 0. The van der Waals surface area contributed by atoms with Crippen molar-refractivity contribution in [3.63, 3.8) is 0 Å². The van der Waals surface area contributed by atoms with Gasteiger partial charge in [0.25, 0.3) is 0 Å². The summed E-state index contributed by atoms with van der Waals surface area (Å²) in [5.74, 6) is -6.18. The van der Waals surface area contributed by atoms with E-state index in [1.807, 2.05) is 10.6 Å². The minimum Gasteiger partial charge on any atom is -0.474 e. The van der Waals surface area contributed by atoms with Crippen molar-refractivity contribution in [2.45, 2.75) is 0 Å². The van der Waals surface area contributed by atoms with Crippen LogP contribution in [0.3, 0.4) is 0 Å². The molecule has 0 aliphatic heterocycles. The van der Waals surface area contributed by atoms with Crippen LogP contribution >= 0.6 is 0 Å². The van der Waals surface area contributed by atoms with Crippen molar-refractivity contribution in [1.29, 1.82) is 0 Å². The first-order valence-electron chi connectivity index (χ1n) is 5.04. The van der Waals surface area contributed by atoms with Gasteiger partial charge in [0.15, 0.2) is 0 Å². The fourth-order valence-corrected chi connectivity index (χ4v) is 1.11. The number of rotatable bonds is 2. The predicted octanol–water partition coefficient (Wildman–Crippen LogP) is -0.907. The van der Waals surface area contributed by atoms with Gasteiger partial charge < -0.3 is 20.8 Å². The van der Waals surface area contributed by atoms with Crippen molar-refractivity contribution in [2.24, 2.45) is 0 Å². The van der Waals surface area contributed by atoms with Gasteiger partial charge in [-0.3, -0.25) is 14.4 Å². The van der Waals surface area contributed by atoms with E-state index in [1.165, 1.54) is 0 Å². The summed E-state index contributed by atoms with van der Waals surface area (Å²) in [6.45, 7) is 0. The predicted molar refractivity (Wildman–Crippen MR) is 65.2 cm³/mol. The number of anilines is 2. The van der Waals surface area contributed by atoms with Crippen LogP contribution in [0.2, 0.25) is 0 Å². The Bertz CT molecular complexity index is 653. The minimum absolute atomic E-state index is 0.00896. The van der Waals surface area contributed by atoms with Crippen LogP contribution in [0, 0.1) is 0 Å². The molecule has 2 amide bonds. The highest BCUT2D eigenvalue weighted by Crippen LogP contribution is 2.07. The van der Waals surface area contributed by atoms with Crippen molar-refractivity contribution in [3.05, 3.63) is 34.5 Å². The van der Waals surface area contributed by atoms with Crippen molar-refractivity contribution >= 4 is 35.1 Å². The van der Waals surface area contributed by atoms with E-state index in [0.717, 1.165) is 24.3 Å². The van der Waals surface area contributed by atoms with Gasteiger partial charge in [0.2, 0.25) is 5.43 Å². The maximum atomic E-state index is 11.5. The van der Waals surface area contributed by atoms with Crippen molar-refractivity contribution < 1.29 is 29.4 Å². The molecule has 0 radical (unpaired) electrons. The molecule has 4 N–H and O–H groups in total. The van der Waals surface area contributed by atoms with Gasteiger partial charge in [-0.2, -0.15) is 0 Å². The number of carbonyl (C=O) groups is 4. The van der Waals surface area contributed by atoms with Crippen molar-refractivity contribution in [2.75, 3.05) is 10.6 Å². The zero-order chi connectivity index (χ0) is 15.3. The number of aliphatic carboxylic acids is 2. The zero-order valence-corrected chi connectivity index (χ0v) is 9.75. The number of carboxylic acids is 2. The van der Waals surface area contributed by atoms with Gasteiger partial charge in [-0.1, -0.05) is 0 Å². The number of amides is 2. The van der Waals surface area contributed by atoms with Crippen molar-refractivity contribution in [3.8, 4) is 0 Å². The SMILES string of the molecule is O=C(O)C(=O)Nc1ccc(NC(=O)C(=O)O)c(=O)cc1. The molecule has 0 heterocycles. The summed E-state index contributed by atoms with van der Waals surface area (Å²) < 4.78 is 0. The first kappa shape index (κ1) is 14.8. The third-order valence-corrected chi connectivity index (χ3v) is 2.00. The zero-order valence-electron chi connectivity index (χ0n) is 9.75. The molecule has 0 saturated heterocycles. The molecule has 20 heavy (non-hydrogen) atoms. The van der Waals surface area contributed by atoms with E-state index in [4.69, 9.17) is 10.2 Å². The third kappa shape index (κ3) is 3.91. The fraction of sp³-hybridized carbons (Fsp3) is 0. The Morgan fingerprint density at radius 1 is 0.800 bits per heavy atom. The first-order valence-corrected chi connectivity index (χ1v) is 5.04. The Morgan fingerprint density at radius 2 is 1.30 bits per heavy atom. The molecule has 1 aromatic carbocycles. The van der Waals surface area contributed by atoms with E-state index in [1.54, 1.807) is 0 Å². The number of nitrogens with one attached hydrogen (secondary N) is 2. The molecule has 9 nitrogen and oxygen atoms in total. The van der Waals surface area contributed by atoms with Crippen LogP contribution in [-0.2, 0) is 19.2 Å². The van der Waals surface area contributed by atoms with Crippen molar-refractivity contribution in [1.82, 2.24) is 0 Å². The molecule has 0 aliphatic rings. The smallest absolute Gasteiger partial charge is 0.394 e. The topological polar surface area (TPSA) is 150 Å². The molecule has 9 heteroatoms. The molecule has 0 aromatic heterocycles. The second-order valence-electron chi connectivity index (χ2n) is 3.42. The molecule has 0 unspecified atom stereocenters. The summed E-state index contributed by atoms with van der Waals surface area (Å²) in [5.41, 5.74) is -1.05. The number of hydrogen-bond acceptors (Lipinski definition) is 5. The highest BCUT2D eigenvalue weighted by Gasteiger charge is 2.13. The second-order valence-corrected chi connectivity index (χ2v) is 3.42. The average Bonchev–Trinajstić information content (AvgIpc) is 2.53. The first-order chi connectivity index (χ1) is 9.31. The van der Waals surface area contributed by atoms with E-state index in [0.29, 0.717) is 0 Å². The average molecular weight is 280 g/mol. The Kier molecular flexibility index (Phi) is 4.51. The maximum Gasteiger partial charge on any atom is 0.394 e. The number of hydrogen-bond donors (Lipinski definition) is 4.